The summed E-state index contributed by atoms with van der Waals surface area (Å²) in [6.07, 6.45) is 3.13. The van der Waals surface area contributed by atoms with Crippen LogP contribution >= 0.6 is 11.6 Å². The molecule has 2 aliphatic rings. The van der Waals surface area contributed by atoms with Gasteiger partial charge in [-0.1, -0.05) is 17.7 Å². The number of rotatable bonds is 3. The maximum absolute atomic E-state index is 12.6. The van der Waals surface area contributed by atoms with Crippen LogP contribution in [0.2, 0.25) is 5.02 Å². The van der Waals surface area contributed by atoms with Crippen molar-refractivity contribution in [2.24, 2.45) is 5.41 Å². The Bertz CT molecular complexity index is 595. The van der Waals surface area contributed by atoms with Gasteiger partial charge in [0.1, 0.15) is 5.75 Å². The predicted molar refractivity (Wildman–Crippen MR) is 88.6 cm³/mol. The number of piperidine rings is 2. The first kappa shape index (κ1) is 16.6. The summed E-state index contributed by atoms with van der Waals surface area (Å²) in [5.74, 6) is 0.0693. The second-order valence-electron chi connectivity index (χ2n) is 6.70. The molecule has 0 saturated carbocycles. The molecule has 2 saturated heterocycles. The van der Waals surface area contributed by atoms with E-state index >= 15 is 0 Å². The van der Waals surface area contributed by atoms with Crippen LogP contribution < -0.4 is 5.32 Å². The summed E-state index contributed by atoms with van der Waals surface area (Å²) in [5.41, 5.74) is 0.582. The van der Waals surface area contributed by atoms with E-state index in [1.807, 2.05) is 4.90 Å². The Kier molecular flexibility index (Phi) is 4.80. The molecule has 3 rings (SSSR count). The topological polar surface area (TPSA) is 72.8 Å². The maximum Gasteiger partial charge on any atom is 0.227 e. The molecule has 126 valence electrons. The third kappa shape index (κ3) is 3.32. The lowest BCUT2D eigenvalue weighted by molar-refractivity contribution is -0.136. The van der Waals surface area contributed by atoms with E-state index in [1.165, 1.54) is 6.07 Å². The van der Waals surface area contributed by atoms with E-state index in [-0.39, 0.29) is 35.1 Å². The van der Waals surface area contributed by atoms with E-state index in [4.69, 9.17) is 11.6 Å². The molecule has 1 aromatic carbocycles. The second kappa shape index (κ2) is 6.67. The van der Waals surface area contributed by atoms with Gasteiger partial charge in [-0.15, -0.1) is 0 Å². The molecule has 0 aliphatic carbocycles. The third-order valence-corrected chi connectivity index (χ3v) is 5.51. The minimum Gasteiger partial charge on any atom is -0.506 e. The Hall–Kier alpha value is -1.30. The Labute approximate surface area is 141 Å². The Morgan fingerprint density at radius 2 is 2.30 bits per heavy atom. The standard InChI is InChI=1S/C17H23ClN2O3/c18-13-8-12(2-3-14(13)22)9-16(23)20-7-4-15-17(10-20,11-21)5-1-6-19-15/h2-3,8,15,19,21-22H,1,4-7,9-11H2/t15-,17-/m1/s1. The number of halogens is 1. The Morgan fingerprint density at radius 3 is 3.04 bits per heavy atom. The smallest absolute Gasteiger partial charge is 0.227 e. The van der Waals surface area contributed by atoms with Gasteiger partial charge in [0, 0.05) is 24.5 Å². The second-order valence-corrected chi connectivity index (χ2v) is 7.10. The van der Waals surface area contributed by atoms with Gasteiger partial charge in [-0.3, -0.25) is 4.79 Å². The van der Waals surface area contributed by atoms with Crippen molar-refractivity contribution < 1.29 is 15.0 Å². The lowest BCUT2D eigenvalue weighted by atomic mass is 9.70. The van der Waals surface area contributed by atoms with Gasteiger partial charge < -0.3 is 20.4 Å². The van der Waals surface area contributed by atoms with Gasteiger partial charge in [-0.05, 0) is 43.5 Å². The van der Waals surface area contributed by atoms with Gasteiger partial charge in [-0.25, -0.2) is 0 Å². The van der Waals surface area contributed by atoms with Gasteiger partial charge >= 0.3 is 0 Å². The molecule has 0 spiro atoms. The molecule has 2 aliphatic heterocycles. The summed E-state index contributed by atoms with van der Waals surface area (Å²) in [6.45, 7) is 2.42. The first-order valence-electron chi connectivity index (χ1n) is 8.13. The number of fused-ring (bicyclic) bond motifs is 1. The quantitative estimate of drug-likeness (QED) is 0.782. The van der Waals surface area contributed by atoms with Crippen molar-refractivity contribution in [3.8, 4) is 5.75 Å². The minimum absolute atomic E-state index is 0.0243. The fraction of sp³-hybridized carbons (Fsp3) is 0.588. The predicted octanol–water partition coefficient (Wildman–Crippen LogP) is 1.55. The molecule has 6 heteroatoms. The summed E-state index contributed by atoms with van der Waals surface area (Å²) in [6, 6.07) is 5.16. The van der Waals surface area contributed by atoms with Crippen LogP contribution in [-0.4, -0.2) is 53.3 Å². The summed E-state index contributed by atoms with van der Waals surface area (Å²) in [5, 5.41) is 23.1. The third-order valence-electron chi connectivity index (χ3n) is 5.21. The summed E-state index contributed by atoms with van der Waals surface area (Å²) in [4.78, 5) is 14.5. The van der Waals surface area contributed by atoms with Crippen molar-refractivity contribution in [3.63, 3.8) is 0 Å². The average Bonchev–Trinajstić information content (AvgIpc) is 2.57. The van der Waals surface area contributed by atoms with Crippen molar-refractivity contribution in [1.29, 1.82) is 0 Å². The highest BCUT2D eigenvalue weighted by molar-refractivity contribution is 6.32. The van der Waals surface area contributed by atoms with Gasteiger partial charge in [0.15, 0.2) is 0 Å². The number of aliphatic hydroxyl groups excluding tert-OH is 1. The fourth-order valence-electron chi connectivity index (χ4n) is 3.85. The van der Waals surface area contributed by atoms with Crippen molar-refractivity contribution in [1.82, 2.24) is 10.2 Å². The highest BCUT2D eigenvalue weighted by atomic mass is 35.5. The number of phenols is 1. The largest absolute Gasteiger partial charge is 0.506 e. The molecule has 0 unspecified atom stereocenters. The molecule has 0 bridgehead atoms. The summed E-state index contributed by atoms with van der Waals surface area (Å²) < 4.78 is 0. The lowest BCUT2D eigenvalue weighted by Gasteiger charge is -2.50. The van der Waals surface area contributed by atoms with Crippen LogP contribution in [-0.2, 0) is 11.2 Å². The Balaban J connectivity index is 1.69. The van der Waals surface area contributed by atoms with Crippen LogP contribution in [0.1, 0.15) is 24.8 Å². The molecule has 0 radical (unpaired) electrons. The Morgan fingerprint density at radius 1 is 1.48 bits per heavy atom. The normalized spacial score (nSPS) is 27.6. The summed E-state index contributed by atoms with van der Waals surface area (Å²) >= 11 is 5.90. The number of likely N-dealkylation sites (tertiary alicyclic amines) is 1. The highest BCUT2D eigenvalue weighted by Crippen LogP contribution is 2.37. The fourth-order valence-corrected chi connectivity index (χ4v) is 4.05. The molecule has 3 N–H and O–H groups in total. The van der Waals surface area contributed by atoms with Crippen LogP contribution in [0, 0.1) is 5.41 Å². The van der Waals surface area contributed by atoms with E-state index in [0.717, 1.165) is 31.4 Å². The number of carbonyl (C=O) groups excluding carboxylic acids is 1. The van der Waals surface area contributed by atoms with Crippen molar-refractivity contribution in [2.75, 3.05) is 26.2 Å². The zero-order valence-electron chi connectivity index (χ0n) is 13.1. The number of benzene rings is 1. The number of aromatic hydroxyl groups is 1. The number of hydrogen-bond donors (Lipinski definition) is 3. The maximum atomic E-state index is 12.6. The molecular formula is C17H23ClN2O3. The molecule has 2 heterocycles. The number of aliphatic hydroxyl groups is 1. The average molecular weight is 339 g/mol. The van der Waals surface area contributed by atoms with E-state index in [0.29, 0.717) is 19.1 Å². The molecule has 1 aromatic rings. The molecule has 5 nitrogen and oxygen atoms in total. The van der Waals surface area contributed by atoms with Gasteiger partial charge in [0.2, 0.25) is 5.91 Å². The number of phenolic OH excluding ortho intramolecular Hbond substituents is 1. The molecule has 2 fully saturated rings. The van der Waals surface area contributed by atoms with Crippen molar-refractivity contribution in [3.05, 3.63) is 28.8 Å². The number of amides is 1. The molecular weight excluding hydrogens is 316 g/mol. The van der Waals surface area contributed by atoms with Crippen LogP contribution in [0.3, 0.4) is 0 Å². The zero-order chi connectivity index (χ0) is 16.4. The molecule has 2 atom stereocenters. The number of nitrogens with one attached hydrogen (secondary N) is 1. The number of hydrogen-bond acceptors (Lipinski definition) is 4. The summed E-state index contributed by atoms with van der Waals surface area (Å²) in [7, 11) is 0. The highest BCUT2D eigenvalue weighted by Gasteiger charge is 2.45. The van der Waals surface area contributed by atoms with E-state index in [1.54, 1.807) is 12.1 Å². The number of nitrogens with zero attached hydrogens (tertiary/aromatic N) is 1. The lowest BCUT2D eigenvalue weighted by Crippen LogP contribution is -2.62. The first-order valence-corrected chi connectivity index (χ1v) is 8.51. The van der Waals surface area contributed by atoms with Crippen LogP contribution in [0.15, 0.2) is 18.2 Å². The van der Waals surface area contributed by atoms with Gasteiger partial charge in [0.25, 0.3) is 0 Å². The van der Waals surface area contributed by atoms with E-state index in [9.17, 15) is 15.0 Å². The van der Waals surface area contributed by atoms with E-state index in [2.05, 4.69) is 5.32 Å². The van der Waals surface area contributed by atoms with Crippen molar-refractivity contribution >= 4 is 17.5 Å². The molecule has 23 heavy (non-hydrogen) atoms. The first-order chi connectivity index (χ1) is 11.0. The zero-order valence-corrected chi connectivity index (χ0v) is 13.9. The van der Waals surface area contributed by atoms with Gasteiger partial charge in [-0.2, -0.15) is 0 Å². The molecule has 1 amide bonds. The number of carbonyl (C=O) groups is 1. The van der Waals surface area contributed by atoms with Crippen molar-refractivity contribution in [2.45, 2.75) is 31.7 Å². The SMILES string of the molecule is O=C(Cc1ccc(O)c(Cl)c1)N1CC[C@H]2NCCC[C@]2(CO)C1. The van der Waals surface area contributed by atoms with E-state index < -0.39 is 0 Å². The molecule has 0 aromatic heterocycles. The minimum atomic E-state index is -0.210. The van der Waals surface area contributed by atoms with Crippen LogP contribution in [0.5, 0.6) is 5.75 Å². The van der Waals surface area contributed by atoms with Gasteiger partial charge in [0.05, 0.1) is 18.1 Å². The van der Waals surface area contributed by atoms with Crippen LogP contribution in [0.4, 0.5) is 0 Å². The monoisotopic (exact) mass is 338 g/mol. The van der Waals surface area contributed by atoms with Crippen LogP contribution in [0.25, 0.3) is 0 Å².